The van der Waals surface area contributed by atoms with Crippen molar-refractivity contribution in [3.8, 4) is 0 Å². The Kier molecular flexibility index (Phi) is 6.40. The van der Waals surface area contributed by atoms with Crippen molar-refractivity contribution in [2.45, 2.75) is 56.7 Å². The average Bonchev–Trinajstić information content (AvgIpc) is 3.40. The Balaban J connectivity index is 1.29. The van der Waals surface area contributed by atoms with Crippen molar-refractivity contribution in [1.82, 2.24) is 9.97 Å². The normalized spacial score (nSPS) is 28.7. The first-order valence-electron chi connectivity index (χ1n) is 12.4. The van der Waals surface area contributed by atoms with Gasteiger partial charge in [0.2, 0.25) is 5.95 Å². The van der Waals surface area contributed by atoms with Crippen LogP contribution in [0.2, 0.25) is 0 Å². The molecule has 2 aromatic rings. The van der Waals surface area contributed by atoms with Crippen LogP contribution in [0.25, 0.3) is 0 Å². The number of hydrogen-bond donors (Lipinski definition) is 2. The lowest BCUT2D eigenvalue weighted by Crippen LogP contribution is -2.66. The summed E-state index contributed by atoms with van der Waals surface area (Å²) in [5, 5.41) is 14.5. The van der Waals surface area contributed by atoms with Gasteiger partial charge in [-0.25, -0.2) is 14.8 Å². The van der Waals surface area contributed by atoms with Gasteiger partial charge in [0.25, 0.3) is 5.91 Å². The third-order valence-electron chi connectivity index (χ3n) is 8.06. The van der Waals surface area contributed by atoms with E-state index in [2.05, 4.69) is 15.3 Å². The molecule has 9 nitrogen and oxygen atoms in total. The number of carbonyl (C=O) groups excluding carboxylic acids is 2. The van der Waals surface area contributed by atoms with Gasteiger partial charge in [-0.2, -0.15) is 0 Å². The summed E-state index contributed by atoms with van der Waals surface area (Å²) < 4.78 is 11.9. The van der Waals surface area contributed by atoms with Crippen LogP contribution in [0.3, 0.4) is 0 Å². The number of nitrogens with one attached hydrogen (secondary N) is 1. The topological polar surface area (TPSA) is 115 Å². The van der Waals surface area contributed by atoms with Crippen LogP contribution in [-0.4, -0.2) is 63.7 Å². The molecular formula is C25H33N4O5+. The zero-order valence-electron chi connectivity index (χ0n) is 19.4. The molecule has 0 aromatic carbocycles. The number of furan rings is 1. The smallest absolute Gasteiger partial charge is 0.343 e. The van der Waals surface area contributed by atoms with Gasteiger partial charge < -0.3 is 18.7 Å². The van der Waals surface area contributed by atoms with Crippen molar-refractivity contribution in [3.63, 3.8) is 0 Å². The second kappa shape index (κ2) is 9.46. The molecule has 1 saturated carbocycles. The second-order valence-electron chi connectivity index (χ2n) is 10.1. The second-order valence-corrected chi connectivity index (χ2v) is 10.1. The number of quaternary nitrogens is 1. The number of ether oxygens (including phenoxy) is 1. The summed E-state index contributed by atoms with van der Waals surface area (Å²) in [5.41, 5.74) is -1.23. The summed E-state index contributed by atoms with van der Waals surface area (Å²) in [7, 11) is 0. The molecule has 4 fully saturated rings. The maximum Gasteiger partial charge on any atom is 0.343 e. The van der Waals surface area contributed by atoms with Gasteiger partial charge >= 0.3 is 5.97 Å². The van der Waals surface area contributed by atoms with Gasteiger partial charge in [-0.3, -0.25) is 10.1 Å². The van der Waals surface area contributed by atoms with E-state index in [9.17, 15) is 14.7 Å². The number of carbonyl (C=O) groups is 2. The molecule has 9 heteroatoms. The standard InChI is InChI=1S/C25H32N4O5/c30-22(28-24-26-10-4-11-27-24)16-29-12-7-18(8-13-29)21(15-29)34-23(31)25(32,20-9-14-33-17-20)19-5-2-1-3-6-19/h4,9-11,14,17-19,21,32H,1-3,5-8,12-13,15-16H2/p+1/t18?,21-,25?,29?/m0/s1. The van der Waals surface area contributed by atoms with Crippen molar-refractivity contribution in [1.29, 1.82) is 0 Å². The van der Waals surface area contributed by atoms with Crippen LogP contribution in [0.5, 0.6) is 0 Å². The Morgan fingerprint density at radius 3 is 2.56 bits per heavy atom. The van der Waals surface area contributed by atoms with Crippen LogP contribution in [-0.2, 0) is 19.9 Å². The third kappa shape index (κ3) is 4.46. The molecule has 1 aliphatic carbocycles. The van der Waals surface area contributed by atoms with Crippen molar-refractivity contribution in [2.24, 2.45) is 11.8 Å². The Morgan fingerprint density at radius 1 is 1.15 bits per heavy atom. The van der Waals surface area contributed by atoms with E-state index < -0.39 is 11.6 Å². The van der Waals surface area contributed by atoms with Crippen LogP contribution >= 0.6 is 0 Å². The fourth-order valence-corrected chi connectivity index (χ4v) is 6.16. The fraction of sp³-hybridized carbons (Fsp3) is 0.600. The number of piperidine rings is 3. The lowest BCUT2D eigenvalue weighted by molar-refractivity contribution is -0.939. The van der Waals surface area contributed by atoms with E-state index in [0.717, 1.165) is 58.0 Å². The van der Waals surface area contributed by atoms with E-state index >= 15 is 0 Å². The van der Waals surface area contributed by atoms with Gasteiger partial charge in [0.05, 0.1) is 25.6 Å². The molecule has 2 aromatic heterocycles. The summed E-state index contributed by atoms with van der Waals surface area (Å²) in [6, 6.07) is 3.36. The average molecular weight is 470 g/mol. The highest BCUT2D eigenvalue weighted by Crippen LogP contribution is 2.42. The predicted molar refractivity (Wildman–Crippen MR) is 122 cm³/mol. The van der Waals surface area contributed by atoms with Crippen molar-refractivity contribution in [3.05, 3.63) is 42.6 Å². The Morgan fingerprint density at radius 2 is 1.88 bits per heavy atom. The van der Waals surface area contributed by atoms with Gasteiger partial charge in [0, 0.05) is 42.6 Å². The molecule has 3 saturated heterocycles. The minimum atomic E-state index is -1.70. The molecular weight excluding hydrogens is 436 g/mol. The fourth-order valence-electron chi connectivity index (χ4n) is 6.16. The number of rotatable bonds is 7. The molecule has 6 rings (SSSR count). The number of aromatic nitrogens is 2. The van der Waals surface area contributed by atoms with Gasteiger partial charge in [0.1, 0.15) is 6.54 Å². The minimum Gasteiger partial charge on any atom is -0.472 e. The maximum absolute atomic E-state index is 13.6. The monoisotopic (exact) mass is 469 g/mol. The molecule has 2 atom stereocenters. The quantitative estimate of drug-likeness (QED) is 0.473. The van der Waals surface area contributed by atoms with Crippen molar-refractivity contribution in [2.75, 3.05) is 31.5 Å². The van der Waals surface area contributed by atoms with Crippen LogP contribution in [0.15, 0.2) is 41.5 Å². The first-order chi connectivity index (χ1) is 16.5. The first kappa shape index (κ1) is 23.0. The van der Waals surface area contributed by atoms with Gasteiger partial charge in [-0.15, -0.1) is 0 Å². The molecule has 0 spiro atoms. The van der Waals surface area contributed by atoms with E-state index in [-0.39, 0.29) is 30.4 Å². The summed E-state index contributed by atoms with van der Waals surface area (Å²) in [5.74, 6) is -0.372. The molecule has 4 aliphatic rings. The number of hydrogen-bond acceptors (Lipinski definition) is 7. The zero-order chi connectivity index (χ0) is 23.6. The summed E-state index contributed by atoms with van der Waals surface area (Å²) in [4.78, 5) is 34.4. The number of nitrogens with zero attached hydrogens (tertiary/aromatic N) is 3. The van der Waals surface area contributed by atoms with Crippen molar-refractivity contribution >= 4 is 17.8 Å². The molecule has 182 valence electrons. The highest BCUT2D eigenvalue weighted by Gasteiger charge is 2.53. The van der Waals surface area contributed by atoms with Gasteiger partial charge in [-0.1, -0.05) is 19.3 Å². The number of amides is 1. The molecule has 34 heavy (non-hydrogen) atoms. The van der Waals surface area contributed by atoms with Crippen LogP contribution in [0.1, 0.15) is 50.5 Å². The number of aliphatic hydroxyl groups is 1. The number of fused-ring (bicyclic) bond motifs is 3. The Labute approximate surface area is 199 Å². The van der Waals surface area contributed by atoms with E-state index in [1.165, 1.54) is 12.5 Å². The Bertz CT molecular complexity index is 984. The Hall–Kier alpha value is -2.78. The van der Waals surface area contributed by atoms with Crippen molar-refractivity contribution < 1.29 is 28.3 Å². The van der Waals surface area contributed by atoms with Crippen LogP contribution < -0.4 is 5.32 Å². The van der Waals surface area contributed by atoms with E-state index in [4.69, 9.17) is 9.15 Å². The lowest BCUT2D eigenvalue weighted by atomic mass is 9.74. The number of esters is 1. The molecule has 3 aliphatic heterocycles. The van der Waals surface area contributed by atoms with Crippen LogP contribution in [0, 0.1) is 11.8 Å². The molecule has 1 unspecified atom stereocenters. The summed E-state index contributed by atoms with van der Waals surface area (Å²) >= 11 is 0. The zero-order valence-corrected chi connectivity index (χ0v) is 19.4. The summed E-state index contributed by atoms with van der Waals surface area (Å²) in [6.45, 7) is 2.60. The van der Waals surface area contributed by atoms with E-state index in [1.807, 2.05) is 0 Å². The highest BCUT2D eigenvalue weighted by atomic mass is 16.6. The number of anilines is 1. The SMILES string of the molecule is O=C(C[N+]12CCC(CC1)[C@@H](OC(=O)C(O)(c1ccoc1)C1CCCCC1)C2)Nc1ncccn1. The lowest BCUT2D eigenvalue weighted by Gasteiger charge is -2.52. The third-order valence-corrected chi connectivity index (χ3v) is 8.06. The highest BCUT2D eigenvalue weighted by molar-refractivity contribution is 5.89. The largest absolute Gasteiger partial charge is 0.472 e. The first-order valence-corrected chi connectivity index (χ1v) is 12.4. The van der Waals surface area contributed by atoms with Gasteiger partial charge in [0.15, 0.2) is 18.2 Å². The van der Waals surface area contributed by atoms with E-state index in [0.29, 0.717) is 22.5 Å². The predicted octanol–water partition coefficient (Wildman–Crippen LogP) is 2.63. The molecule has 1 amide bonds. The van der Waals surface area contributed by atoms with Crippen LogP contribution in [0.4, 0.5) is 5.95 Å². The maximum atomic E-state index is 13.6. The molecule has 2 N–H and O–H groups in total. The molecule has 0 radical (unpaired) electrons. The summed E-state index contributed by atoms with van der Waals surface area (Å²) in [6.07, 6.45) is 12.2. The minimum absolute atomic E-state index is 0.145. The molecule has 2 bridgehead atoms. The van der Waals surface area contributed by atoms with Gasteiger partial charge in [-0.05, 0) is 25.0 Å². The molecule has 5 heterocycles. The van der Waals surface area contributed by atoms with E-state index in [1.54, 1.807) is 24.5 Å².